The predicted octanol–water partition coefficient (Wildman–Crippen LogP) is 4.89. The standard InChI is InChI=1S/C26H29FN4O2S/c1-2-31-25(32)24(18-19-5-10-23(22(27)17-19)30-11-3-4-12-30)34-26(31)28-20-6-8-21(9-7-20)29-13-15-33-16-14-29/h5-10,17-18H,2-4,11-16H2,1H3/b24-18+,28-26?. The predicted molar refractivity (Wildman–Crippen MR) is 137 cm³/mol. The Morgan fingerprint density at radius 3 is 2.44 bits per heavy atom. The molecule has 0 aliphatic carbocycles. The van der Waals surface area contributed by atoms with Crippen LogP contribution in [0, 0.1) is 5.82 Å². The Kier molecular flexibility index (Phi) is 6.87. The number of thioether (sulfide) groups is 1. The van der Waals surface area contributed by atoms with Crippen LogP contribution in [-0.4, -0.2) is 61.9 Å². The number of benzene rings is 2. The summed E-state index contributed by atoms with van der Waals surface area (Å²) in [5.41, 5.74) is 3.27. The lowest BCUT2D eigenvalue weighted by Gasteiger charge is -2.28. The molecule has 0 unspecified atom stereocenters. The Bertz CT molecular complexity index is 1110. The zero-order chi connectivity index (χ0) is 23.5. The van der Waals surface area contributed by atoms with Crippen molar-refractivity contribution in [1.82, 2.24) is 4.90 Å². The summed E-state index contributed by atoms with van der Waals surface area (Å²) in [6.45, 7) is 7.50. The largest absolute Gasteiger partial charge is 0.378 e. The lowest BCUT2D eigenvalue weighted by atomic mass is 10.1. The van der Waals surface area contributed by atoms with E-state index < -0.39 is 0 Å². The number of halogens is 1. The van der Waals surface area contributed by atoms with Gasteiger partial charge in [0.15, 0.2) is 5.17 Å². The van der Waals surface area contributed by atoms with Crippen LogP contribution in [0.5, 0.6) is 0 Å². The summed E-state index contributed by atoms with van der Waals surface area (Å²) >= 11 is 1.34. The van der Waals surface area contributed by atoms with Gasteiger partial charge < -0.3 is 14.5 Å². The number of rotatable bonds is 5. The number of morpholine rings is 1. The van der Waals surface area contributed by atoms with Crippen LogP contribution in [0.15, 0.2) is 52.4 Å². The van der Waals surface area contributed by atoms with Crippen molar-refractivity contribution in [3.63, 3.8) is 0 Å². The number of likely N-dealkylation sites (N-methyl/N-ethyl adjacent to an activating group) is 1. The van der Waals surface area contributed by atoms with E-state index in [1.54, 1.807) is 11.0 Å². The van der Waals surface area contributed by atoms with Gasteiger partial charge in [-0.15, -0.1) is 0 Å². The highest BCUT2D eigenvalue weighted by atomic mass is 32.2. The molecule has 0 aromatic heterocycles. The Hall–Kier alpha value is -2.84. The Balaban J connectivity index is 1.34. The first-order chi connectivity index (χ1) is 16.6. The van der Waals surface area contributed by atoms with Crippen molar-refractivity contribution in [3.8, 4) is 0 Å². The van der Waals surface area contributed by atoms with E-state index in [1.165, 1.54) is 17.8 Å². The van der Waals surface area contributed by atoms with Crippen molar-refractivity contribution in [2.24, 2.45) is 4.99 Å². The van der Waals surface area contributed by atoms with Crippen LogP contribution in [0.3, 0.4) is 0 Å². The van der Waals surface area contributed by atoms with Crippen molar-refractivity contribution in [3.05, 3.63) is 58.8 Å². The van der Waals surface area contributed by atoms with Crippen molar-refractivity contribution >= 4 is 46.0 Å². The molecule has 3 aliphatic rings. The van der Waals surface area contributed by atoms with Crippen LogP contribution in [0.4, 0.5) is 21.5 Å². The Morgan fingerprint density at radius 1 is 1.03 bits per heavy atom. The van der Waals surface area contributed by atoms with Crippen LogP contribution in [0.25, 0.3) is 6.08 Å². The van der Waals surface area contributed by atoms with Gasteiger partial charge in [-0.05, 0) is 79.6 Å². The van der Waals surface area contributed by atoms with E-state index in [9.17, 15) is 9.18 Å². The minimum Gasteiger partial charge on any atom is -0.378 e. The van der Waals surface area contributed by atoms with Gasteiger partial charge in [0.25, 0.3) is 5.91 Å². The molecule has 3 saturated heterocycles. The second kappa shape index (κ2) is 10.2. The fourth-order valence-corrected chi connectivity index (χ4v) is 5.58. The molecule has 2 aromatic rings. The number of hydrogen-bond donors (Lipinski definition) is 0. The maximum atomic E-state index is 14.7. The third-order valence-electron chi connectivity index (χ3n) is 6.37. The number of nitrogens with zero attached hydrogens (tertiary/aromatic N) is 4. The Morgan fingerprint density at radius 2 is 1.76 bits per heavy atom. The summed E-state index contributed by atoms with van der Waals surface area (Å²) < 4.78 is 20.2. The molecular formula is C26H29FN4O2S. The van der Waals surface area contributed by atoms with Crippen LogP contribution < -0.4 is 9.80 Å². The number of amides is 1. The zero-order valence-electron chi connectivity index (χ0n) is 19.4. The van der Waals surface area contributed by atoms with Crippen molar-refractivity contribution < 1.29 is 13.9 Å². The van der Waals surface area contributed by atoms with Gasteiger partial charge in [-0.3, -0.25) is 9.69 Å². The highest BCUT2D eigenvalue weighted by Crippen LogP contribution is 2.35. The first-order valence-corrected chi connectivity index (χ1v) is 12.7. The normalized spacial score (nSPS) is 21.4. The average molecular weight is 481 g/mol. The number of carbonyl (C=O) groups excluding carboxylic acids is 1. The van der Waals surface area contributed by atoms with Crippen LogP contribution >= 0.6 is 11.8 Å². The second-order valence-electron chi connectivity index (χ2n) is 8.58. The first kappa shape index (κ1) is 22.9. The molecule has 3 heterocycles. The molecule has 0 saturated carbocycles. The summed E-state index contributed by atoms with van der Waals surface area (Å²) in [7, 11) is 0. The van der Waals surface area contributed by atoms with E-state index in [2.05, 4.69) is 21.9 Å². The molecule has 1 amide bonds. The third kappa shape index (κ3) is 4.83. The van der Waals surface area contributed by atoms with Gasteiger partial charge in [0.1, 0.15) is 5.82 Å². The SMILES string of the molecule is CCN1C(=O)/C(=C\c2ccc(N3CCCC3)c(F)c2)SC1=Nc1ccc(N2CCOCC2)cc1. The van der Waals surface area contributed by atoms with Crippen LogP contribution in [0.1, 0.15) is 25.3 Å². The lowest BCUT2D eigenvalue weighted by Crippen LogP contribution is -2.36. The summed E-state index contributed by atoms with van der Waals surface area (Å²) in [4.78, 5) is 24.3. The maximum absolute atomic E-state index is 14.7. The molecule has 3 fully saturated rings. The molecule has 178 valence electrons. The fraction of sp³-hybridized carbons (Fsp3) is 0.385. The molecule has 0 N–H and O–H groups in total. The van der Waals surface area contributed by atoms with E-state index in [-0.39, 0.29) is 11.7 Å². The second-order valence-corrected chi connectivity index (χ2v) is 9.58. The molecule has 5 rings (SSSR count). The molecule has 34 heavy (non-hydrogen) atoms. The number of anilines is 2. The van der Waals surface area contributed by atoms with Crippen molar-refractivity contribution in [2.45, 2.75) is 19.8 Å². The Labute approximate surface area is 204 Å². The first-order valence-electron chi connectivity index (χ1n) is 11.9. The molecule has 0 spiro atoms. The fourth-order valence-electron chi connectivity index (χ4n) is 4.52. The molecular weight excluding hydrogens is 451 g/mol. The highest BCUT2D eigenvalue weighted by Gasteiger charge is 2.32. The quantitative estimate of drug-likeness (QED) is 0.571. The number of amidine groups is 1. The maximum Gasteiger partial charge on any atom is 0.266 e. The van der Waals surface area contributed by atoms with E-state index in [4.69, 9.17) is 9.73 Å². The smallest absolute Gasteiger partial charge is 0.266 e. The van der Waals surface area contributed by atoms with Crippen molar-refractivity contribution in [1.29, 1.82) is 0 Å². The number of ether oxygens (including phenoxy) is 1. The van der Waals surface area contributed by atoms with E-state index in [1.807, 2.05) is 31.2 Å². The van der Waals surface area contributed by atoms with Gasteiger partial charge in [-0.25, -0.2) is 9.38 Å². The number of hydrogen-bond acceptors (Lipinski definition) is 6. The minimum atomic E-state index is -0.242. The van der Waals surface area contributed by atoms with Crippen LogP contribution in [-0.2, 0) is 9.53 Å². The molecule has 0 bridgehead atoms. The molecule has 0 atom stereocenters. The molecule has 8 heteroatoms. The van der Waals surface area contributed by atoms with Gasteiger partial charge in [0.2, 0.25) is 0 Å². The third-order valence-corrected chi connectivity index (χ3v) is 7.38. The lowest BCUT2D eigenvalue weighted by molar-refractivity contribution is -0.122. The van der Waals surface area contributed by atoms with E-state index >= 15 is 0 Å². The zero-order valence-corrected chi connectivity index (χ0v) is 20.2. The summed E-state index contributed by atoms with van der Waals surface area (Å²) in [5.74, 6) is -0.339. The van der Waals surface area contributed by atoms with E-state index in [0.717, 1.165) is 63.6 Å². The minimum absolute atomic E-state index is 0.0970. The van der Waals surface area contributed by atoms with Gasteiger partial charge >= 0.3 is 0 Å². The topological polar surface area (TPSA) is 48.4 Å². The molecule has 2 aromatic carbocycles. The average Bonchev–Trinajstić information content (AvgIpc) is 3.49. The van der Waals surface area contributed by atoms with Gasteiger partial charge in [-0.2, -0.15) is 0 Å². The monoisotopic (exact) mass is 480 g/mol. The molecule has 3 aliphatic heterocycles. The van der Waals surface area contributed by atoms with Crippen molar-refractivity contribution in [2.75, 3.05) is 55.7 Å². The summed E-state index contributed by atoms with van der Waals surface area (Å²) in [6.07, 6.45) is 3.96. The van der Waals surface area contributed by atoms with Gasteiger partial charge in [-0.1, -0.05) is 6.07 Å². The summed E-state index contributed by atoms with van der Waals surface area (Å²) in [5, 5.41) is 0.645. The van der Waals surface area contributed by atoms with Gasteiger partial charge in [0.05, 0.1) is 29.5 Å². The van der Waals surface area contributed by atoms with Crippen LogP contribution in [0.2, 0.25) is 0 Å². The molecule has 6 nitrogen and oxygen atoms in total. The number of aliphatic imine (C=N–C) groups is 1. The summed E-state index contributed by atoms with van der Waals surface area (Å²) in [6, 6.07) is 13.3. The van der Waals surface area contributed by atoms with Gasteiger partial charge in [0, 0.05) is 38.4 Å². The number of carbonyl (C=O) groups is 1. The highest BCUT2D eigenvalue weighted by molar-refractivity contribution is 8.18. The van der Waals surface area contributed by atoms with E-state index in [0.29, 0.717) is 27.9 Å². The molecule has 0 radical (unpaired) electrons.